The lowest BCUT2D eigenvalue weighted by atomic mass is 9.85. The fourth-order valence-electron chi connectivity index (χ4n) is 3.61. The number of hydrogen-bond acceptors (Lipinski definition) is 2. The molecule has 1 aromatic rings. The van der Waals surface area contributed by atoms with Gasteiger partial charge >= 0.3 is 0 Å². The third-order valence-corrected chi connectivity index (χ3v) is 5.26. The van der Waals surface area contributed by atoms with Crippen molar-refractivity contribution in [3.8, 4) is 0 Å². The number of amides is 1. The van der Waals surface area contributed by atoms with E-state index in [1.807, 2.05) is 13.8 Å². The maximum atomic E-state index is 12.3. The number of hydrogen-bond donors (Lipinski definition) is 3. The van der Waals surface area contributed by atoms with E-state index in [1.54, 1.807) is 7.05 Å². The molecule has 1 fully saturated rings. The summed E-state index contributed by atoms with van der Waals surface area (Å²) < 4.78 is 0. The van der Waals surface area contributed by atoms with Crippen LogP contribution >= 0.6 is 24.0 Å². The molecule has 0 aromatic heterocycles. The number of nitrogens with one attached hydrogen (secondary N) is 3. The predicted molar refractivity (Wildman–Crippen MR) is 129 cm³/mol. The first kappa shape index (κ1) is 24.7. The van der Waals surface area contributed by atoms with Gasteiger partial charge in [0.05, 0.1) is 0 Å². The molecule has 1 aliphatic rings. The van der Waals surface area contributed by atoms with Gasteiger partial charge in [0.2, 0.25) is 5.91 Å². The second-order valence-electron chi connectivity index (χ2n) is 8.13. The summed E-state index contributed by atoms with van der Waals surface area (Å²) in [6.45, 7) is 9.18. The Morgan fingerprint density at radius 1 is 1.18 bits per heavy atom. The van der Waals surface area contributed by atoms with Crippen LogP contribution in [0.25, 0.3) is 0 Å². The zero-order chi connectivity index (χ0) is 19.8. The molecule has 3 unspecified atom stereocenters. The van der Waals surface area contributed by atoms with Crippen LogP contribution in [0.3, 0.4) is 0 Å². The molecule has 1 amide bonds. The van der Waals surface area contributed by atoms with E-state index in [1.165, 1.54) is 11.1 Å². The largest absolute Gasteiger partial charge is 0.356 e. The minimum absolute atomic E-state index is 0. The van der Waals surface area contributed by atoms with Gasteiger partial charge in [0.15, 0.2) is 5.96 Å². The van der Waals surface area contributed by atoms with Crippen LogP contribution in [0.2, 0.25) is 0 Å². The van der Waals surface area contributed by atoms with Crippen LogP contribution in [0.15, 0.2) is 29.3 Å². The molecule has 3 N–H and O–H groups in total. The Labute approximate surface area is 187 Å². The Balaban J connectivity index is 0.00000392. The number of rotatable bonds is 6. The van der Waals surface area contributed by atoms with Gasteiger partial charge in [0.1, 0.15) is 0 Å². The number of nitrogens with zero attached hydrogens (tertiary/aromatic N) is 1. The predicted octanol–water partition coefficient (Wildman–Crippen LogP) is 3.96. The van der Waals surface area contributed by atoms with Crippen molar-refractivity contribution >= 4 is 35.8 Å². The summed E-state index contributed by atoms with van der Waals surface area (Å²) in [5, 5.41) is 10.0. The number of carbonyl (C=O) groups is 1. The SMILES string of the molecule is CN=C(NCC(C)c1ccc(C)cc1)NC1CCCC(C(=O)NC(C)C)C1.I. The van der Waals surface area contributed by atoms with Crippen molar-refractivity contribution in [2.45, 2.75) is 71.4 Å². The lowest BCUT2D eigenvalue weighted by molar-refractivity contribution is -0.126. The van der Waals surface area contributed by atoms with Gasteiger partial charge in [-0.15, -0.1) is 24.0 Å². The molecule has 0 spiro atoms. The molecular formula is C22H37IN4O. The average Bonchev–Trinajstić information content (AvgIpc) is 2.65. The van der Waals surface area contributed by atoms with E-state index in [0.29, 0.717) is 12.0 Å². The van der Waals surface area contributed by atoms with Crippen molar-refractivity contribution < 1.29 is 4.79 Å². The molecule has 2 rings (SSSR count). The van der Waals surface area contributed by atoms with Crippen molar-refractivity contribution in [2.75, 3.05) is 13.6 Å². The smallest absolute Gasteiger partial charge is 0.223 e. The van der Waals surface area contributed by atoms with E-state index in [4.69, 9.17) is 0 Å². The molecule has 1 aliphatic carbocycles. The van der Waals surface area contributed by atoms with Gasteiger partial charge in [-0.1, -0.05) is 43.2 Å². The first-order valence-electron chi connectivity index (χ1n) is 10.2. The van der Waals surface area contributed by atoms with Crippen LogP contribution in [-0.2, 0) is 4.79 Å². The van der Waals surface area contributed by atoms with Crippen LogP contribution in [0, 0.1) is 12.8 Å². The second-order valence-corrected chi connectivity index (χ2v) is 8.13. The first-order valence-corrected chi connectivity index (χ1v) is 10.2. The monoisotopic (exact) mass is 500 g/mol. The number of carbonyl (C=O) groups excluding carboxylic acids is 1. The van der Waals surface area contributed by atoms with Gasteiger partial charge < -0.3 is 16.0 Å². The molecular weight excluding hydrogens is 463 g/mol. The minimum atomic E-state index is 0. The highest BCUT2D eigenvalue weighted by atomic mass is 127. The quantitative estimate of drug-likeness (QED) is 0.315. The second kappa shape index (κ2) is 12.3. The van der Waals surface area contributed by atoms with Crippen molar-refractivity contribution in [3.05, 3.63) is 35.4 Å². The maximum absolute atomic E-state index is 12.3. The van der Waals surface area contributed by atoms with Gasteiger partial charge in [-0.05, 0) is 51.5 Å². The van der Waals surface area contributed by atoms with Crippen molar-refractivity contribution in [3.63, 3.8) is 0 Å². The van der Waals surface area contributed by atoms with E-state index in [-0.39, 0.29) is 41.8 Å². The normalized spacial score (nSPS) is 20.9. The first-order chi connectivity index (χ1) is 12.9. The Kier molecular flexibility index (Phi) is 10.9. The number of halogens is 1. The molecule has 0 saturated heterocycles. The fourth-order valence-corrected chi connectivity index (χ4v) is 3.61. The molecule has 3 atom stereocenters. The Morgan fingerprint density at radius 2 is 1.86 bits per heavy atom. The van der Waals surface area contributed by atoms with Gasteiger partial charge in [-0.3, -0.25) is 9.79 Å². The standard InChI is InChI=1S/C22H36N4O.HI/c1-15(2)25-21(27)19-7-6-8-20(13-19)26-22(23-5)24-14-17(4)18-11-9-16(3)10-12-18;/h9-12,15,17,19-20H,6-8,13-14H2,1-5H3,(H,25,27)(H2,23,24,26);1H. The Hall–Kier alpha value is -1.31. The van der Waals surface area contributed by atoms with E-state index < -0.39 is 0 Å². The molecule has 1 saturated carbocycles. The highest BCUT2D eigenvalue weighted by Gasteiger charge is 2.28. The highest BCUT2D eigenvalue weighted by Crippen LogP contribution is 2.24. The molecule has 5 nitrogen and oxygen atoms in total. The number of benzene rings is 1. The van der Waals surface area contributed by atoms with Crippen molar-refractivity contribution in [2.24, 2.45) is 10.9 Å². The van der Waals surface area contributed by atoms with Gasteiger partial charge in [-0.2, -0.15) is 0 Å². The zero-order valence-corrected chi connectivity index (χ0v) is 20.2. The van der Waals surface area contributed by atoms with E-state index in [0.717, 1.165) is 38.2 Å². The van der Waals surface area contributed by atoms with Gasteiger partial charge in [0, 0.05) is 31.6 Å². The molecule has 0 aliphatic heterocycles. The van der Waals surface area contributed by atoms with E-state index in [9.17, 15) is 4.79 Å². The summed E-state index contributed by atoms with van der Waals surface area (Å²) in [5.74, 6) is 1.51. The topological polar surface area (TPSA) is 65.5 Å². The number of aliphatic imine (C=N–C) groups is 1. The molecule has 0 bridgehead atoms. The average molecular weight is 500 g/mol. The van der Waals surface area contributed by atoms with Crippen LogP contribution < -0.4 is 16.0 Å². The van der Waals surface area contributed by atoms with Crippen LogP contribution in [-0.4, -0.2) is 37.5 Å². The van der Waals surface area contributed by atoms with Crippen LogP contribution in [0.5, 0.6) is 0 Å². The lowest BCUT2D eigenvalue weighted by Gasteiger charge is -2.30. The molecule has 0 radical (unpaired) electrons. The highest BCUT2D eigenvalue weighted by molar-refractivity contribution is 14.0. The van der Waals surface area contributed by atoms with Crippen LogP contribution in [0.1, 0.15) is 63.5 Å². The van der Waals surface area contributed by atoms with Crippen LogP contribution in [0.4, 0.5) is 0 Å². The fraction of sp³-hybridized carbons (Fsp3) is 0.636. The third kappa shape index (κ3) is 7.97. The molecule has 158 valence electrons. The summed E-state index contributed by atoms with van der Waals surface area (Å²) in [6.07, 6.45) is 4.00. The van der Waals surface area contributed by atoms with E-state index in [2.05, 4.69) is 59.1 Å². The summed E-state index contributed by atoms with van der Waals surface area (Å²) in [4.78, 5) is 16.7. The Bertz CT molecular complexity index is 630. The maximum Gasteiger partial charge on any atom is 0.223 e. The molecule has 6 heteroatoms. The summed E-state index contributed by atoms with van der Waals surface area (Å²) in [7, 11) is 1.80. The van der Waals surface area contributed by atoms with E-state index >= 15 is 0 Å². The van der Waals surface area contributed by atoms with Gasteiger partial charge in [-0.25, -0.2) is 0 Å². The summed E-state index contributed by atoms with van der Waals surface area (Å²) in [6, 6.07) is 9.19. The number of aryl methyl sites for hydroxylation is 1. The van der Waals surface area contributed by atoms with Crippen molar-refractivity contribution in [1.29, 1.82) is 0 Å². The molecule has 0 heterocycles. The minimum Gasteiger partial charge on any atom is -0.356 e. The molecule has 28 heavy (non-hydrogen) atoms. The zero-order valence-electron chi connectivity index (χ0n) is 17.9. The lowest BCUT2D eigenvalue weighted by Crippen LogP contribution is -2.48. The van der Waals surface area contributed by atoms with Gasteiger partial charge in [0.25, 0.3) is 0 Å². The summed E-state index contributed by atoms with van der Waals surface area (Å²) >= 11 is 0. The van der Waals surface area contributed by atoms with Crippen molar-refractivity contribution in [1.82, 2.24) is 16.0 Å². The number of guanidine groups is 1. The molecule has 1 aromatic carbocycles. The third-order valence-electron chi connectivity index (χ3n) is 5.26. The Morgan fingerprint density at radius 3 is 2.46 bits per heavy atom. The summed E-state index contributed by atoms with van der Waals surface area (Å²) in [5.41, 5.74) is 2.61.